The SMILES string of the molecule is COc1ccc(Cl)cc1C(c1ccncc1)N1CCCNCC1. The maximum Gasteiger partial charge on any atom is 0.124 e. The van der Waals surface area contributed by atoms with Crippen LogP contribution in [0.15, 0.2) is 42.7 Å². The van der Waals surface area contributed by atoms with E-state index in [2.05, 4.69) is 27.3 Å². The van der Waals surface area contributed by atoms with Crippen molar-refractivity contribution in [1.82, 2.24) is 15.2 Å². The lowest BCUT2D eigenvalue weighted by Gasteiger charge is -2.32. The molecular weight excluding hydrogens is 310 g/mol. The Labute approximate surface area is 142 Å². The molecule has 3 rings (SSSR count). The summed E-state index contributed by atoms with van der Waals surface area (Å²) in [5.41, 5.74) is 2.32. The van der Waals surface area contributed by atoms with Gasteiger partial charge in [0, 0.05) is 42.6 Å². The Morgan fingerprint density at radius 1 is 1.17 bits per heavy atom. The van der Waals surface area contributed by atoms with Gasteiger partial charge in [-0.1, -0.05) is 11.6 Å². The Morgan fingerprint density at radius 2 is 2.00 bits per heavy atom. The van der Waals surface area contributed by atoms with Crippen LogP contribution in [-0.2, 0) is 0 Å². The second-order valence-electron chi connectivity index (χ2n) is 5.71. The first-order valence-electron chi connectivity index (χ1n) is 7.97. The van der Waals surface area contributed by atoms with E-state index >= 15 is 0 Å². The molecule has 1 aliphatic heterocycles. The first-order valence-corrected chi connectivity index (χ1v) is 8.35. The summed E-state index contributed by atoms with van der Waals surface area (Å²) in [6, 6.07) is 10.1. The molecule has 0 aliphatic carbocycles. The van der Waals surface area contributed by atoms with Crippen molar-refractivity contribution < 1.29 is 4.74 Å². The molecule has 5 heteroatoms. The number of rotatable bonds is 4. The molecule has 0 amide bonds. The van der Waals surface area contributed by atoms with Crippen molar-refractivity contribution in [2.45, 2.75) is 12.5 Å². The fourth-order valence-corrected chi connectivity index (χ4v) is 3.36. The topological polar surface area (TPSA) is 37.4 Å². The lowest BCUT2D eigenvalue weighted by Crippen LogP contribution is -2.33. The summed E-state index contributed by atoms with van der Waals surface area (Å²) < 4.78 is 5.61. The van der Waals surface area contributed by atoms with Gasteiger partial charge in [-0.05, 0) is 48.9 Å². The van der Waals surface area contributed by atoms with Crippen LogP contribution in [0, 0.1) is 0 Å². The van der Waals surface area contributed by atoms with E-state index in [0.29, 0.717) is 0 Å². The van der Waals surface area contributed by atoms with Gasteiger partial charge < -0.3 is 10.1 Å². The van der Waals surface area contributed by atoms with Crippen molar-refractivity contribution in [3.63, 3.8) is 0 Å². The van der Waals surface area contributed by atoms with E-state index in [1.807, 2.05) is 30.6 Å². The highest BCUT2D eigenvalue weighted by Gasteiger charge is 2.26. The Balaban J connectivity index is 2.06. The van der Waals surface area contributed by atoms with Crippen molar-refractivity contribution in [2.24, 2.45) is 0 Å². The standard InChI is InChI=1S/C18H22ClN3O/c1-23-17-4-3-15(19)13-16(17)18(14-5-8-21-9-6-14)22-11-2-7-20-10-12-22/h3-6,8-9,13,18,20H,2,7,10-12H2,1H3. The molecule has 2 heterocycles. The van der Waals surface area contributed by atoms with E-state index in [1.165, 1.54) is 5.56 Å². The average Bonchev–Trinajstić information content (AvgIpc) is 2.86. The van der Waals surface area contributed by atoms with Crippen molar-refractivity contribution in [1.29, 1.82) is 0 Å². The van der Waals surface area contributed by atoms with Gasteiger partial charge in [-0.3, -0.25) is 9.88 Å². The zero-order valence-electron chi connectivity index (χ0n) is 13.3. The Hall–Kier alpha value is -1.62. The fourth-order valence-electron chi connectivity index (χ4n) is 3.18. The van der Waals surface area contributed by atoms with Gasteiger partial charge in [0.15, 0.2) is 0 Å². The van der Waals surface area contributed by atoms with E-state index in [4.69, 9.17) is 16.3 Å². The molecule has 0 bridgehead atoms. The summed E-state index contributed by atoms with van der Waals surface area (Å²) in [7, 11) is 1.71. The molecule has 1 saturated heterocycles. The number of methoxy groups -OCH3 is 1. The molecule has 23 heavy (non-hydrogen) atoms. The molecule has 2 aromatic rings. The Kier molecular flexibility index (Phi) is 5.49. The predicted octanol–water partition coefficient (Wildman–Crippen LogP) is 3.13. The van der Waals surface area contributed by atoms with Gasteiger partial charge in [0.2, 0.25) is 0 Å². The lowest BCUT2D eigenvalue weighted by molar-refractivity contribution is 0.236. The number of halogens is 1. The second kappa shape index (κ2) is 7.77. The summed E-state index contributed by atoms with van der Waals surface area (Å²) >= 11 is 6.28. The second-order valence-corrected chi connectivity index (χ2v) is 6.15. The lowest BCUT2D eigenvalue weighted by atomic mass is 9.96. The minimum absolute atomic E-state index is 0.117. The van der Waals surface area contributed by atoms with Crippen molar-refractivity contribution in [3.8, 4) is 5.75 Å². The largest absolute Gasteiger partial charge is 0.496 e. The van der Waals surface area contributed by atoms with Crippen LogP contribution in [-0.4, -0.2) is 43.2 Å². The first kappa shape index (κ1) is 16.2. The van der Waals surface area contributed by atoms with Crippen LogP contribution in [0.5, 0.6) is 5.75 Å². The highest BCUT2D eigenvalue weighted by Crippen LogP contribution is 2.36. The molecule has 122 valence electrons. The number of nitrogens with one attached hydrogen (secondary N) is 1. The van der Waals surface area contributed by atoms with Crippen LogP contribution in [0.2, 0.25) is 5.02 Å². The molecule has 1 aromatic carbocycles. The number of pyridine rings is 1. The van der Waals surface area contributed by atoms with Gasteiger partial charge in [0.25, 0.3) is 0 Å². The molecule has 0 saturated carbocycles. The number of ether oxygens (including phenoxy) is 1. The summed E-state index contributed by atoms with van der Waals surface area (Å²) in [5.74, 6) is 0.869. The summed E-state index contributed by atoms with van der Waals surface area (Å²) in [4.78, 5) is 6.65. The zero-order chi connectivity index (χ0) is 16.1. The average molecular weight is 332 g/mol. The molecule has 1 aliphatic rings. The summed E-state index contributed by atoms with van der Waals surface area (Å²) in [5, 5.41) is 4.19. The van der Waals surface area contributed by atoms with Crippen molar-refractivity contribution in [2.75, 3.05) is 33.3 Å². The van der Waals surface area contributed by atoms with E-state index < -0.39 is 0 Å². The van der Waals surface area contributed by atoms with E-state index in [9.17, 15) is 0 Å². The van der Waals surface area contributed by atoms with Crippen LogP contribution in [0.1, 0.15) is 23.6 Å². The molecule has 0 spiro atoms. The normalized spacial score (nSPS) is 17.5. The quantitative estimate of drug-likeness (QED) is 0.934. The number of nitrogens with zero attached hydrogens (tertiary/aromatic N) is 2. The van der Waals surface area contributed by atoms with Crippen LogP contribution in [0.4, 0.5) is 0 Å². The van der Waals surface area contributed by atoms with Crippen LogP contribution in [0.3, 0.4) is 0 Å². The van der Waals surface area contributed by atoms with Gasteiger partial charge in [-0.25, -0.2) is 0 Å². The molecule has 4 nitrogen and oxygen atoms in total. The highest BCUT2D eigenvalue weighted by molar-refractivity contribution is 6.30. The molecule has 1 N–H and O–H groups in total. The molecule has 0 radical (unpaired) electrons. The summed E-state index contributed by atoms with van der Waals surface area (Å²) in [6.07, 6.45) is 4.81. The smallest absolute Gasteiger partial charge is 0.124 e. The number of benzene rings is 1. The third-order valence-electron chi connectivity index (χ3n) is 4.25. The predicted molar refractivity (Wildman–Crippen MR) is 93.1 cm³/mol. The van der Waals surface area contributed by atoms with E-state index in [-0.39, 0.29) is 6.04 Å². The van der Waals surface area contributed by atoms with Crippen molar-refractivity contribution >= 4 is 11.6 Å². The Bertz CT molecular complexity index is 627. The third kappa shape index (κ3) is 3.83. The minimum atomic E-state index is 0.117. The van der Waals surface area contributed by atoms with Gasteiger partial charge >= 0.3 is 0 Å². The van der Waals surface area contributed by atoms with Gasteiger partial charge in [0.05, 0.1) is 13.2 Å². The minimum Gasteiger partial charge on any atom is -0.496 e. The third-order valence-corrected chi connectivity index (χ3v) is 4.48. The molecule has 1 atom stereocenters. The fraction of sp³-hybridized carbons (Fsp3) is 0.389. The van der Waals surface area contributed by atoms with Gasteiger partial charge in [0.1, 0.15) is 5.75 Å². The maximum atomic E-state index is 6.28. The molecule has 1 aromatic heterocycles. The Morgan fingerprint density at radius 3 is 2.78 bits per heavy atom. The van der Waals surface area contributed by atoms with Gasteiger partial charge in [-0.15, -0.1) is 0 Å². The summed E-state index contributed by atoms with van der Waals surface area (Å²) in [6.45, 7) is 4.08. The molecular formula is C18H22ClN3O. The molecule has 1 unspecified atom stereocenters. The van der Waals surface area contributed by atoms with Crippen LogP contribution in [0.25, 0.3) is 0 Å². The number of hydrogen-bond donors (Lipinski definition) is 1. The van der Waals surface area contributed by atoms with Gasteiger partial charge in [-0.2, -0.15) is 0 Å². The number of hydrogen-bond acceptors (Lipinski definition) is 4. The number of aromatic nitrogens is 1. The zero-order valence-corrected chi connectivity index (χ0v) is 14.1. The van der Waals surface area contributed by atoms with E-state index in [1.54, 1.807) is 7.11 Å². The van der Waals surface area contributed by atoms with Crippen LogP contribution >= 0.6 is 11.6 Å². The monoisotopic (exact) mass is 331 g/mol. The first-order chi connectivity index (χ1) is 11.3. The van der Waals surface area contributed by atoms with Crippen LogP contribution < -0.4 is 10.1 Å². The molecule has 1 fully saturated rings. The highest BCUT2D eigenvalue weighted by atomic mass is 35.5. The maximum absolute atomic E-state index is 6.28. The van der Waals surface area contributed by atoms with Crippen molar-refractivity contribution in [3.05, 3.63) is 58.9 Å². The van der Waals surface area contributed by atoms with E-state index in [0.717, 1.165) is 48.9 Å².